The van der Waals surface area contributed by atoms with E-state index in [-0.39, 0.29) is 0 Å². The molecule has 0 bridgehead atoms. The van der Waals surface area contributed by atoms with Crippen molar-refractivity contribution in [2.45, 2.75) is 40.5 Å². The SMILES string of the molecule is CCc1cc(C(=O)O)cc(C)c1-c1cc(C)c(-c2cccs2)c(CC)c1. The predicted molar refractivity (Wildman–Crippen MR) is 110 cm³/mol. The van der Waals surface area contributed by atoms with Gasteiger partial charge in [-0.25, -0.2) is 4.79 Å². The number of carboxylic acid groups (broad SMARTS) is 1. The predicted octanol–water partition coefficient (Wildman–Crippen LogP) is 6.52. The molecule has 0 fully saturated rings. The van der Waals surface area contributed by atoms with Crippen molar-refractivity contribution in [3.05, 3.63) is 69.6 Å². The Balaban J connectivity index is 2.22. The molecule has 1 N–H and O–H groups in total. The van der Waals surface area contributed by atoms with Crippen molar-refractivity contribution in [2.24, 2.45) is 0 Å². The summed E-state index contributed by atoms with van der Waals surface area (Å²) in [6.45, 7) is 8.45. The molecule has 0 saturated carbocycles. The minimum absolute atomic E-state index is 0.366. The van der Waals surface area contributed by atoms with Gasteiger partial charge in [-0.3, -0.25) is 0 Å². The maximum absolute atomic E-state index is 11.4. The van der Waals surface area contributed by atoms with E-state index < -0.39 is 5.97 Å². The Morgan fingerprint density at radius 3 is 2.19 bits per heavy atom. The lowest BCUT2D eigenvalue weighted by atomic mass is 9.87. The minimum atomic E-state index is -0.868. The topological polar surface area (TPSA) is 37.3 Å². The third-order valence-corrected chi connectivity index (χ3v) is 5.79. The van der Waals surface area contributed by atoms with E-state index in [1.807, 2.05) is 13.0 Å². The molecule has 0 aliphatic carbocycles. The number of carbonyl (C=O) groups is 1. The van der Waals surface area contributed by atoms with Gasteiger partial charge in [0.15, 0.2) is 0 Å². The number of hydrogen-bond acceptors (Lipinski definition) is 2. The lowest BCUT2D eigenvalue weighted by Gasteiger charge is -2.18. The van der Waals surface area contributed by atoms with Crippen LogP contribution in [-0.2, 0) is 12.8 Å². The van der Waals surface area contributed by atoms with Crippen LogP contribution < -0.4 is 0 Å². The fourth-order valence-corrected chi connectivity index (χ4v) is 4.60. The van der Waals surface area contributed by atoms with Crippen LogP contribution in [0.1, 0.15) is 46.5 Å². The zero-order valence-corrected chi connectivity index (χ0v) is 16.5. The maximum atomic E-state index is 11.4. The van der Waals surface area contributed by atoms with E-state index in [9.17, 15) is 9.90 Å². The molecule has 0 unspecified atom stereocenters. The van der Waals surface area contributed by atoms with Crippen LogP contribution in [-0.4, -0.2) is 11.1 Å². The van der Waals surface area contributed by atoms with Gasteiger partial charge in [0.1, 0.15) is 0 Å². The maximum Gasteiger partial charge on any atom is 0.335 e. The van der Waals surface area contributed by atoms with E-state index in [1.165, 1.54) is 32.7 Å². The Labute approximate surface area is 159 Å². The number of hydrogen-bond donors (Lipinski definition) is 1. The second-order valence-corrected chi connectivity index (χ2v) is 7.59. The molecule has 0 aliphatic rings. The molecule has 0 spiro atoms. The zero-order chi connectivity index (χ0) is 18.8. The van der Waals surface area contributed by atoms with E-state index in [2.05, 4.69) is 50.4 Å². The van der Waals surface area contributed by atoms with Gasteiger partial charge in [0.2, 0.25) is 0 Å². The van der Waals surface area contributed by atoms with Gasteiger partial charge in [-0.2, -0.15) is 0 Å². The Hall–Kier alpha value is -2.39. The number of carboxylic acids is 1. The van der Waals surface area contributed by atoms with Crippen LogP contribution in [0, 0.1) is 13.8 Å². The Morgan fingerprint density at radius 1 is 0.962 bits per heavy atom. The zero-order valence-electron chi connectivity index (χ0n) is 15.7. The van der Waals surface area contributed by atoms with Gasteiger partial charge >= 0.3 is 5.97 Å². The van der Waals surface area contributed by atoms with E-state index in [1.54, 1.807) is 17.4 Å². The Kier molecular flexibility index (Phi) is 5.28. The van der Waals surface area contributed by atoms with Crippen LogP contribution in [0.2, 0.25) is 0 Å². The van der Waals surface area contributed by atoms with E-state index >= 15 is 0 Å². The van der Waals surface area contributed by atoms with Crippen molar-refractivity contribution in [1.82, 2.24) is 0 Å². The average molecular weight is 365 g/mol. The molecular formula is C23H24O2S. The van der Waals surface area contributed by atoms with E-state index in [0.717, 1.165) is 24.0 Å². The highest BCUT2D eigenvalue weighted by molar-refractivity contribution is 7.13. The van der Waals surface area contributed by atoms with Crippen molar-refractivity contribution < 1.29 is 9.90 Å². The third kappa shape index (κ3) is 3.32. The standard InChI is InChI=1S/C23H24O2S/c1-5-16-13-19(23(24)25)11-14(3)21(16)18-10-15(4)22(17(6-2)12-18)20-8-7-9-26-20/h7-13H,5-6H2,1-4H3,(H,24,25). The lowest BCUT2D eigenvalue weighted by Crippen LogP contribution is -2.02. The van der Waals surface area contributed by atoms with E-state index in [4.69, 9.17) is 0 Å². The van der Waals surface area contributed by atoms with Gasteiger partial charge in [0.05, 0.1) is 5.56 Å². The second-order valence-electron chi connectivity index (χ2n) is 6.64. The number of aromatic carboxylic acids is 1. The van der Waals surface area contributed by atoms with Crippen LogP contribution in [0.25, 0.3) is 21.6 Å². The highest BCUT2D eigenvalue weighted by Gasteiger charge is 2.16. The van der Waals surface area contributed by atoms with Crippen LogP contribution in [0.15, 0.2) is 41.8 Å². The fraction of sp³-hybridized carbons (Fsp3) is 0.261. The molecule has 134 valence electrons. The molecular weight excluding hydrogens is 340 g/mol. The Morgan fingerprint density at radius 2 is 1.62 bits per heavy atom. The van der Waals surface area contributed by atoms with Crippen molar-refractivity contribution >= 4 is 17.3 Å². The van der Waals surface area contributed by atoms with Crippen LogP contribution in [0.3, 0.4) is 0 Å². The first-order valence-corrected chi connectivity index (χ1v) is 9.88. The molecule has 0 radical (unpaired) electrons. The number of thiophene rings is 1. The van der Waals surface area contributed by atoms with Gasteiger partial charge < -0.3 is 5.11 Å². The monoisotopic (exact) mass is 364 g/mol. The van der Waals surface area contributed by atoms with Crippen LogP contribution >= 0.6 is 11.3 Å². The largest absolute Gasteiger partial charge is 0.478 e. The fourth-order valence-electron chi connectivity index (χ4n) is 3.73. The lowest BCUT2D eigenvalue weighted by molar-refractivity contribution is 0.0696. The summed E-state index contributed by atoms with van der Waals surface area (Å²) in [4.78, 5) is 12.7. The summed E-state index contributed by atoms with van der Waals surface area (Å²) in [6.07, 6.45) is 1.78. The summed E-state index contributed by atoms with van der Waals surface area (Å²) in [7, 11) is 0. The van der Waals surface area contributed by atoms with Crippen LogP contribution in [0.5, 0.6) is 0 Å². The summed E-state index contributed by atoms with van der Waals surface area (Å²) in [5.74, 6) is -0.868. The first-order valence-electron chi connectivity index (χ1n) is 9.00. The smallest absolute Gasteiger partial charge is 0.335 e. The average Bonchev–Trinajstić information content (AvgIpc) is 3.14. The molecule has 3 rings (SSSR count). The van der Waals surface area contributed by atoms with Crippen molar-refractivity contribution in [3.8, 4) is 21.6 Å². The van der Waals surface area contributed by atoms with Gasteiger partial charge in [-0.15, -0.1) is 11.3 Å². The number of benzene rings is 2. The number of aryl methyl sites for hydroxylation is 4. The summed E-state index contributed by atoms with van der Waals surface area (Å²) >= 11 is 1.77. The van der Waals surface area contributed by atoms with Gasteiger partial charge in [-0.05, 0) is 89.2 Å². The first kappa shape index (κ1) is 18.4. The summed E-state index contributed by atoms with van der Waals surface area (Å²) in [5.41, 5.74) is 8.78. The number of rotatable bonds is 5. The van der Waals surface area contributed by atoms with Gasteiger partial charge in [0, 0.05) is 4.88 Å². The molecule has 0 atom stereocenters. The van der Waals surface area contributed by atoms with Crippen molar-refractivity contribution in [3.63, 3.8) is 0 Å². The van der Waals surface area contributed by atoms with Gasteiger partial charge in [-0.1, -0.05) is 32.0 Å². The quantitative estimate of drug-likeness (QED) is 0.559. The molecule has 26 heavy (non-hydrogen) atoms. The second kappa shape index (κ2) is 7.46. The molecule has 3 aromatic rings. The van der Waals surface area contributed by atoms with Crippen molar-refractivity contribution in [1.29, 1.82) is 0 Å². The molecule has 1 aromatic heterocycles. The molecule has 0 amide bonds. The highest BCUT2D eigenvalue weighted by Crippen LogP contribution is 2.37. The summed E-state index contributed by atoms with van der Waals surface area (Å²) in [6, 6.07) is 12.4. The molecule has 1 heterocycles. The van der Waals surface area contributed by atoms with E-state index in [0.29, 0.717) is 5.56 Å². The van der Waals surface area contributed by atoms with Gasteiger partial charge in [0.25, 0.3) is 0 Å². The first-order chi connectivity index (χ1) is 12.5. The molecule has 0 saturated heterocycles. The summed E-state index contributed by atoms with van der Waals surface area (Å²) in [5, 5.41) is 11.5. The molecule has 3 heteroatoms. The van der Waals surface area contributed by atoms with Crippen LogP contribution in [0.4, 0.5) is 0 Å². The molecule has 2 aromatic carbocycles. The Bertz CT molecular complexity index is 953. The van der Waals surface area contributed by atoms with Crippen molar-refractivity contribution in [2.75, 3.05) is 0 Å². The summed E-state index contributed by atoms with van der Waals surface area (Å²) < 4.78 is 0. The molecule has 2 nitrogen and oxygen atoms in total. The third-order valence-electron chi connectivity index (χ3n) is 4.90. The minimum Gasteiger partial charge on any atom is -0.478 e. The normalized spacial score (nSPS) is 10.9. The molecule has 0 aliphatic heterocycles. The highest BCUT2D eigenvalue weighted by atomic mass is 32.1.